The molecule has 2 nitrogen and oxygen atoms in total. The summed E-state index contributed by atoms with van der Waals surface area (Å²) in [7, 11) is 0. The summed E-state index contributed by atoms with van der Waals surface area (Å²) in [5, 5.41) is 4.54. The van der Waals surface area contributed by atoms with Crippen LogP contribution in [0.25, 0.3) is 0 Å². The molecule has 20 heavy (non-hydrogen) atoms. The smallest absolute Gasteiger partial charge is 0.129 e. The van der Waals surface area contributed by atoms with E-state index in [0.29, 0.717) is 10.8 Å². The van der Waals surface area contributed by atoms with Crippen molar-refractivity contribution in [2.75, 3.05) is 0 Å². The quantitative estimate of drug-likeness (QED) is 0.544. The summed E-state index contributed by atoms with van der Waals surface area (Å²) in [6, 6.07) is 0. The molecule has 1 saturated carbocycles. The number of rotatable bonds is 1. The predicted molar refractivity (Wildman–Crippen MR) is 88.2 cm³/mol. The second-order valence-electron chi connectivity index (χ2n) is 9.10. The van der Waals surface area contributed by atoms with Crippen molar-refractivity contribution in [2.24, 2.45) is 16.0 Å². The molecule has 1 aliphatic carbocycles. The largest absolute Gasteiger partial charge is 0.390 e. The van der Waals surface area contributed by atoms with Gasteiger partial charge in [-0.3, -0.25) is 0 Å². The van der Waals surface area contributed by atoms with Crippen LogP contribution in [0, 0.1) is 10.8 Å². The molecular formula is C18H35NO. The molecule has 0 aromatic rings. The maximum atomic E-state index is 5.71. The first-order valence-corrected chi connectivity index (χ1v) is 8.23. The second-order valence-corrected chi connectivity index (χ2v) is 9.10. The van der Waals surface area contributed by atoms with Crippen LogP contribution in [0.4, 0.5) is 0 Å². The molecule has 0 amide bonds. The molecule has 0 aliphatic heterocycles. The fraction of sp³-hybridized carbons (Fsp3) is 0.944. The number of oxime groups is 1. The zero-order valence-electron chi connectivity index (χ0n) is 14.8. The normalized spacial score (nSPS) is 24.1. The van der Waals surface area contributed by atoms with Crippen LogP contribution in [0.2, 0.25) is 0 Å². The first-order valence-electron chi connectivity index (χ1n) is 8.23. The lowest BCUT2D eigenvalue weighted by atomic mass is 9.74. The first kappa shape index (κ1) is 17.5. The highest BCUT2D eigenvalue weighted by molar-refractivity contribution is 5.85. The third kappa shape index (κ3) is 7.31. The van der Waals surface area contributed by atoms with Gasteiger partial charge in [-0.1, -0.05) is 52.1 Å². The van der Waals surface area contributed by atoms with E-state index in [0.717, 1.165) is 12.8 Å². The van der Waals surface area contributed by atoms with Crippen LogP contribution in [0.1, 0.15) is 93.4 Å². The Balaban J connectivity index is 2.87. The predicted octanol–water partition coefficient (Wildman–Crippen LogP) is 5.95. The molecule has 0 N–H and O–H groups in total. The molecule has 2 heteroatoms. The second kappa shape index (κ2) is 6.49. The minimum atomic E-state index is -0.198. The van der Waals surface area contributed by atoms with Crippen LogP contribution >= 0.6 is 0 Å². The summed E-state index contributed by atoms with van der Waals surface area (Å²) < 4.78 is 0. The van der Waals surface area contributed by atoms with Gasteiger partial charge in [-0.25, -0.2) is 0 Å². The summed E-state index contributed by atoms with van der Waals surface area (Å²) >= 11 is 0. The van der Waals surface area contributed by atoms with Gasteiger partial charge in [0.15, 0.2) is 0 Å². The van der Waals surface area contributed by atoms with E-state index in [1.165, 1.54) is 37.8 Å². The average Bonchev–Trinajstić information content (AvgIpc) is 2.22. The lowest BCUT2D eigenvalue weighted by Gasteiger charge is -2.32. The third-order valence-electron chi connectivity index (χ3n) is 4.02. The van der Waals surface area contributed by atoms with E-state index < -0.39 is 0 Å². The number of nitrogens with zero attached hydrogens (tertiary/aromatic N) is 1. The van der Waals surface area contributed by atoms with Gasteiger partial charge >= 0.3 is 0 Å². The van der Waals surface area contributed by atoms with Crippen molar-refractivity contribution in [1.29, 1.82) is 0 Å². The summed E-state index contributed by atoms with van der Waals surface area (Å²) in [5.41, 5.74) is 1.73. The van der Waals surface area contributed by atoms with Gasteiger partial charge in [0.25, 0.3) is 0 Å². The fourth-order valence-corrected chi connectivity index (χ4v) is 2.99. The van der Waals surface area contributed by atoms with Gasteiger partial charge < -0.3 is 4.84 Å². The molecule has 0 bridgehead atoms. The van der Waals surface area contributed by atoms with E-state index in [9.17, 15) is 0 Å². The number of hydrogen-bond acceptors (Lipinski definition) is 2. The van der Waals surface area contributed by atoms with Gasteiger partial charge in [0.05, 0.1) is 5.71 Å². The summed E-state index contributed by atoms with van der Waals surface area (Å²) in [4.78, 5) is 5.71. The Morgan fingerprint density at radius 1 is 0.850 bits per heavy atom. The standard InChI is InChI=1S/C18H35NO/c1-16(2,3)20-19-15-13-17(4,5)11-9-8-10-12-18(6,7)14-15/h8-14H2,1-7H3. The fourth-order valence-electron chi connectivity index (χ4n) is 2.99. The zero-order chi connectivity index (χ0) is 15.4. The lowest BCUT2D eigenvalue weighted by molar-refractivity contribution is -0.000752. The van der Waals surface area contributed by atoms with E-state index in [1.807, 2.05) is 0 Å². The summed E-state index contributed by atoms with van der Waals surface area (Å²) in [6.07, 6.45) is 8.77. The Bertz CT molecular complexity index is 312. The molecule has 0 heterocycles. The van der Waals surface area contributed by atoms with E-state index in [-0.39, 0.29) is 5.60 Å². The molecule has 118 valence electrons. The van der Waals surface area contributed by atoms with E-state index in [4.69, 9.17) is 4.84 Å². The van der Waals surface area contributed by atoms with Crippen molar-refractivity contribution < 1.29 is 4.84 Å². The third-order valence-corrected chi connectivity index (χ3v) is 4.02. The van der Waals surface area contributed by atoms with Crippen molar-refractivity contribution >= 4 is 5.71 Å². The Morgan fingerprint density at radius 2 is 1.30 bits per heavy atom. The molecule has 1 rings (SSSR count). The van der Waals surface area contributed by atoms with Gasteiger partial charge in [0.1, 0.15) is 5.60 Å². The van der Waals surface area contributed by atoms with Crippen LogP contribution in [0.5, 0.6) is 0 Å². The van der Waals surface area contributed by atoms with Crippen LogP contribution in [0.15, 0.2) is 5.16 Å². The molecular weight excluding hydrogens is 246 g/mol. The molecule has 0 aromatic carbocycles. The van der Waals surface area contributed by atoms with E-state index in [2.05, 4.69) is 53.6 Å². The monoisotopic (exact) mass is 281 g/mol. The topological polar surface area (TPSA) is 21.6 Å². The SMILES string of the molecule is CC1(C)CCCCCC(C)(C)CC(=NOC(C)(C)C)C1. The van der Waals surface area contributed by atoms with Crippen molar-refractivity contribution in [3.8, 4) is 0 Å². The van der Waals surface area contributed by atoms with Crippen molar-refractivity contribution in [3.05, 3.63) is 0 Å². The van der Waals surface area contributed by atoms with Gasteiger partial charge in [-0.15, -0.1) is 0 Å². The molecule has 0 aromatic heterocycles. The van der Waals surface area contributed by atoms with E-state index >= 15 is 0 Å². The van der Waals surface area contributed by atoms with Gasteiger partial charge in [0.2, 0.25) is 0 Å². The molecule has 0 radical (unpaired) electrons. The lowest BCUT2D eigenvalue weighted by Crippen LogP contribution is -2.26. The average molecular weight is 281 g/mol. The van der Waals surface area contributed by atoms with Crippen molar-refractivity contribution in [3.63, 3.8) is 0 Å². The molecule has 0 spiro atoms. The summed E-state index contributed by atoms with van der Waals surface area (Å²) in [6.45, 7) is 15.7. The Kier molecular flexibility index (Phi) is 5.69. The molecule has 1 fully saturated rings. The zero-order valence-corrected chi connectivity index (χ0v) is 14.8. The molecule has 0 saturated heterocycles. The molecule has 1 aliphatic rings. The van der Waals surface area contributed by atoms with Crippen LogP contribution in [-0.2, 0) is 4.84 Å². The van der Waals surface area contributed by atoms with E-state index in [1.54, 1.807) is 0 Å². The van der Waals surface area contributed by atoms with Crippen LogP contribution < -0.4 is 0 Å². The first-order chi connectivity index (χ1) is 8.99. The Morgan fingerprint density at radius 3 is 1.70 bits per heavy atom. The molecule has 0 atom stereocenters. The van der Waals surface area contributed by atoms with Gasteiger partial charge in [-0.2, -0.15) is 0 Å². The van der Waals surface area contributed by atoms with Crippen LogP contribution in [-0.4, -0.2) is 11.3 Å². The maximum Gasteiger partial charge on any atom is 0.129 e. The Labute approximate surface area is 126 Å². The summed E-state index contributed by atoms with van der Waals surface area (Å²) in [5.74, 6) is 0. The van der Waals surface area contributed by atoms with Crippen LogP contribution in [0.3, 0.4) is 0 Å². The Hall–Kier alpha value is -0.530. The minimum Gasteiger partial charge on any atom is -0.390 e. The highest BCUT2D eigenvalue weighted by atomic mass is 16.6. The maximum absolute atomic E-state index is 5.71. The van der Waals surface area contributed by atoms with Crippen molar-refractivity contribution in [2.45, 2.75) is 99.0 Å². The number of hydrogen-bond donors (Lipinski definition) is 0. The van der Waals surface area contributed by atoms with Gasteiger partial charge in [0, 0.05) is 0 Å². The molecule has 0 unspecified atom stereocenters. The van der Waals surface area contributed by atoms with Crippen molar-refractivity contribution in [1.82, 2.24) is 0 Å². The minimum absolute atomic E-state index is 0.198. The van der Waals surface area contributed by atoms with Gasteiger partial charge in [-0.05, 0) is 57.3 Å². The highest BCUT2D eigenvalue weighted by Crippen LogP contribution is 2.36. The highest BCUT2D eigenvalue weighted by Gasteiger charge is 2.28.